The minimum atomic E-state index is 0.00687. The Morgan fingerprint density at radius 2 is 1.81 bits per heavy atom. The van der Waals surface area contributed by atoms with E-state index in [0.29, 0.717) is 18.9 Å². The van der Waals surface area contributed by atoms with Crippen molar-refractivity contribution in [3.8, 4) is 5.75 Å². The summed E-state index contributed by atoms with van der Waals surface area (Å²) in [6, 6.07) is 17.4. The van der Waals surface area contributed by atoms with E-state index < -0.39 is 0 Å². The molecule has 1 amide bonds. The molecule has 0 aliphatic rings. The van der Waals surface area contributed by atoms with Gasteiger partial charge in [-0.05, 0) is 40.2 Å². The molecule has 0 spiro atoms. The Hall–Kier alpha value is -1.46. The Bertz CT molecular complexity index is 577. The van der Waals surface area contributed by atoms with Crippen LogP contribution >= 0.6 is 27.7 Å². The van der Waals surface area contributed by atoms with E-state index in [1.165, 1.54) is 11.8 Å². The highest BCUT2D eigenvalue weighted by Crippen LogP contribution is 2.26. The molecule has 0 aliphatic carbocycles. The van der Waals surface area contributed by atoms with Gasteiger partial charge in [-0.15, -0.1) is 11.8 Å². The third kappa shape index (κ3) is 5.81. The van der Waals surface area contributed by atoms with Crippen LogP contribution in [0.4, 0.5) is 0 Å². The van der Waals surface area contributed by atoms with E-state index in [4.69, 9.17) is 4.74 Å². The fourth-order valence-corrected chi connectivity index (χ4v) is 3.03. The number of halogens is 1. The number of carbonyl (C=O) groups excluding carboxylic acids is 1. The van der Waals surface area contributed by atoms with E-state index in [2.05, 4.69) is 21.2 Å². The number of amides is 1. The molecule has 0 fully saturated rings. The van der Waals surface area contributed by atoms with Crippen molar-refractivity contribution in [2.24, 2.45) is 0 Å². The van der Waals surface area contributed by atoms with Crippen LogP contribution in [0.25, 0.3) is 0 Å². The SMILES string of the molecule is O=C(CSc1ccccc1Br)NCCOc1ccccc1. The van der Waals surface area contributed by atoms with Crippen LogP contribution in [0.15, 0.2) is 64.0 Å². The first kappa shape index (κ1) is 15.9. The summed E-state index contributed by atoms with van der Waals surface area (Å²) < 4.78 is 6.52. The predicted octanol–water partition coefficient (Wildman–Crippen LogP) is 3.74. The van der Waals surface area contributed by atoms with Crippen molar-refractivity contribution in [1.29, 1.82) is 0 Å². The highest BCUT2D eigenvalue weighted by molar-refractivity contribution is 9.10. The van der Waals surface area contributed by atoms with Gasteiger partial charge in [-0.1, -0.05) is 30.3 Å². The normalized spacial score (nSPS) is 10.1. The van der Waals surface area contributed by atoms with Crippen LogP contribution in [0.5, 0.6) is 5.75 Å². The van der Waals surface area contributed by atoms with Crippen molar-refractivity contribution in [3.63, 3.8) is 0 Å². The number of hydrogen-bond donors (Lipinski definition) is 1. The minimum Gasteiger partial charge on any atom is -0.492 e. The van der Waals surface area contributed by atoms with Crippen LogP contribution in [0.1, 0.15) is 0 Å². The van der Waals surface area contributed by atoms with Crippen molar-refractivity contribution < 1.29 is 9.53 Å². The lowest BCUT2D eigenvalue weighted by Crippen LogP contribution is -2.29. The number of benzene rings is 2. The first-order chi connectivity index (χ1) is 10.3. The Kier molecular flexibility index (Phi) is 6.63. The Morgan fingerprint density at radius 3 is 2.57 bits per heavy atom. The molecule has 2 aromatic rings. The van der Waals surface area contributed by atoms with Crippen molar-refractivity contribution in [2.75, 3.05) is 18.9 Å². The number of para-hydroxylation sites is 1. The summed E-state index contributed by atoms with van der Waals surface area (Å²) in [7, 11) is 0. The molecule has 2 rings (SSSR count). The maximum Gasteiger partial charge on any atom is 0.230 e. The van der Waals surface area contributed by atoms with E-state index >= 15 is 0 Å². The van der Waals surface area contributed by atoms with Crippen LogP contribution in [-0.4, -0.2) is 24.8 Å². The van der Waals surface area contributed by atoms with Crippen molar-refractivity contribution >= 4 is 33.6 Å². The highest BCUT2D eigenvalue weighted by Gasteiger charge is 2.04. The predicted molar refractivity (Wildman–Crippen MR) is 89.8 cm³/mol. The van der Waals surface area contributed by atoms with Gasteiger partial charge in [-0.25, -0.2) is 0 Å². The minimum absolute atomic E-state index is 0.00687. The van der Waals surface area contributed by atoms with Gasteiger partial charge in [0.25, 0.3) is 0 Å². The van der Waals surface area contributed by atoms with Crippen molar-refractivity contribution in [2.45, 2.75) is 4.90 Å². The van der Waals surface area contributed by atoms with Gasteiger partial charge in [0.1, 0.15) is 12.4 Å². The summed E-state index contributed by atoms with van der Waals surface area (Å²) in [4.78, 5) is 12.8. The fraction of sp³-hybridized carbons (Fsp3) is 0.188. The summed E-state index contributed by atoms with van der Waals surface area (Å²) in [6.07, 6.45) is 0. The molecule has 110 valence electrons. The summed E-state index contributed by atoms with van der Waals surface area (Å²) in [6.45, 7) is 0.972. The Balaban J connectivity index is 1.63. The second-order valence-corrected chi connectivity index (χ2v) is 6.10. The van der Waals surface area contributed by atoms with E-state index in [1.54, 1.807) is 0 Å². The first-order valence-corrected chi connectivity index (χ1v) is 8.35. The molecule has 21 heavy (non-hydrogen) atoms. The van der Waals surface area contributed by atoms with Gasteiger partial charge in [-0.3, -0.25) is 4.79 Å². The number of thioether (sulfide) groups is 1. The lowest BCUT2D eigenvalue weighted by Gasteiger charge is -2.08. The Labute approximate surface area is 137 Å². The van der Waals surface area contributed by atoms with Gasteiger partial charge in [-0.2, -0.15) is 0 Å². The zero-order chi connectivity index (χ0) is 14.9. The molecule has 0 saturated heterocycles. The van der Waals surface area contributed by atoms with Gasteiger partial charge < -0.3 is 10.1 Å². The lowest BCUT2D eigenvalue weighted by molar-refractivity contribution is -0.118. The number of rotatable bonds is 7. The largest absolute Gasteiger partial charge is 0.492 e. The monoisotopic (exact) mass is 365 g/mol. The lowest BCUT2D eigenvalue weighted by atomic mass is 10.3. The van der Waals surface area contributed by atoms with Crippen molar-refractivity contribution in [3.05, 3.63) is 59.1 Å². The topological polar surface area (TPSA) is 38.3 Å². The number of carbonyl (C=O) groups is 1. The van der Waals surface area contributed by atoms with Gasteiger partial charge in [0.2, 0.25) is 5.91 Å². The summed E-state index contributed by atoms with van der Waals surface area (Å²) >= 11 is 4.97. The molecule has 0 aliphatic heterocycles. The van der Waals surface area contributed by atoms with E-state index in [9.17, 15) is 4.79 Å². The zero-order valence-electron chi connectivity index (χ0n) is 11.4. The molecule has 0 radical (unpaired) electrons. The smallest absolute Gasteiger partial charge is 0.230 e. The van der Waals surface area contributed by atoms with E-state index in [-0.39, 0.29) is 5.91 Å². The molecule has 1 N–H and O–H groups in total. The van der Waals surface area contributed by atoms with Gasteiger partial charge in [0.05, 0.1) is 12.3 Å². The first-order valence-electron chi connectivity index (χ1n) is 6.57. The van der Waals surface area contributed by atoms with Gasteiger partial charge in [0.15, 0.2) is 0 Å². The molecule has 0 aromatic heterocycles. The third-order valence-corrected chi connectivity index (χ3v) is 4.66. The molecule has 0 bridgehead atoms. The summed E-state index contributed by atoms with van der Waals surface area (Å²) in [5, 5.41) is 2.84. The van der Waals surface area contributed by atoms with Crippen molar-refractivity contribution in [1.82, 2.24) is 5.32 Å². The molecule has 0 heterocycles. The average molecular weight is 366 g/mol. The molecule has 0 atom stereocenters. The summed E-state index contributed by atoms with van der Waals surface area (Å²) in [5.74, 6) is 1.22. The van der Waals surface area contributed by atoms with Crippen LogP contribution in [0.3, 0.4) is 0 Å². The van der Waals surface area contributed by atoms with Crippen LogP contribution in [0, 0.1) is 0 Å². The molecule has 3 nitrogen and oxygen atoms in total. The molecule has 0 unspecified atom stereocenters. The van der Waals surface area contributed by atoms with Crippen LogP contribution in [-0.2, 0) is 4.79 Å². The Morgan fingerprint density at radius 1 is 1.10 bits per heavy atom. The van der Waals surface area contributed by atoms with Gasteiger partial charge in [0, 0.05) is 9.37 Å². The second-order valence-electron chi connectivity index (χ2n) is 4.23. The number of nitrogens with one attached hydrogen (secondary N) is 1. The maximum atomic E-state index is 11.7. The standard InChI is InChI=1S/C16H16BrNO2S/c17-14-8-4-5-9-15(14)21-12-16(19)18-10-11-20-13-6-2-1-3-7-13/h1-9H,10-12H2,(H,18,19). The fourth-order valence-electron chi connectivity index (χ4n) is 1.63. The average Bonchev–Trinajstić information content (AvgIpc) is 2.52. The molecular weight excluding hydrogens is 350 g/mol. The number of hydrogen-bond acceptors (Lipinski definition) is 3. The van der Waals surface area contributed by atoms with Gasteiger partial charge >= 0.3 is 0 Å². The molecule has 5 heteroatoms. The van der Waals surface area contributed by atoms with E-state index in [1.807, 2.05) is 54.6 Å². The van der Waals surface area contributed by atoms with E-state index in [0.717, 1.165) is 15.1 Å². The second kappa shape index (κ2) is 8.74. The maximum absolute atomic E-state index is 11.7. The zero-order valence-corrected chi connectivity index (χ0v) is 13.8. The third-order valence-electron chi connectivity index (χ3n) is 2.63. The van der Waals surface area contributed by atoms with Crippen LogP contribution in [0.2, 0.25) is 0 Å². The molecular formula is C16H16BrNO2S. The highest BCUT2D eigenvalue weighted by atomic mass is 79.9. The quantitative estimate of drug-likeness (QED) is 0.599. The van der Waals surface area contributed by atoms with Crippen LogP contribution < -0.4 is 10.1 Å². The summed E-state index contributed by atoms with van der Waals surface area (Å²) in [5.41, 5.74) is 0. The number of ether oxygens (including phenoxy) is 1. The molecule has 0 saturated carbocycles. The molecule has 2 aromatic carbocycles.